The molecular formula is C21H18ClF4N3O4. The number of rotatable bonds is 9. The monoisotopic (exact) mass is 487 g/mol. The summed E-state index contributed by atoms with van der Waals surface area (Å²) in [5.74, 6) is -2.37. The van der Waals surface area contributed by atoms with Crippen LogP contribution in [0.25, 0.3) is 0 Å². The third kappa shape index (κ3) is 6.94. The van der Waals surface area contributed by atoms with Crippen molar-refractivity contribution >= 4 is 30.0 Å². The number of carbonyl (C=O) groups is 2. The van der Waals surface area contributed by atoms with Crippen LogP contribution in [0.4, 0.5) is 17.6 Å². The van der Waals surface area contributed by atoms with Gasteiger partial charge in [-0.25, -0.2) is 4.39 Å². The Morgan fingerprint density at radius 3 is 2.52 bits per heavy atom. The molecule has 0 saturated carbocycles. The summed E-state index contributed by atoms with van der Waals surface area (Å²) in [6, 6.07) is 4.45. The van der Waals surface area contributed by atoms with Crippen LogP contribution in [-0.2, 0) is 11.0 Å². The number of halogens is 5. The average Bonchev–Trinajstić information content (AvgIpc) is 2.74. The third-order valence-electron chi connectivity index (χ3n) is 3.88. The number of allylic oxidation sites excluding steroid dienone is 2. The molecule has 0 heterocycles. The van der Waals surface area contributed by atoms with Gasteiger partial charge in [-0.05, 0) is 31.2 Å². The largest absolute Gasteiger partial charge is 0.490 e. The van der Waals surface area contributed by atoms with Crippen molar-refractivity contribution in [3.05, 3.63) is 64.1 Å². The van der Waals surface area contributed by atoms with Crippen LogP contribution < -0.4 is 20.2 Å². The molecule has 0 spiro atoms. The van der Waals surface area contributed by atoms with E-state index in [-0.39, 0.29) is 23.8 Å². The van der Waals surface area contributed by atoms with E-state index in [1.54, 1.807) is 6.92 Å². The number of carbonyl (C=O) groups excluding carboxylic acids is 2. The first-order valence-electron chi connectivity index (χ1n) is 9.28. The highest BCUT2D eigenvalue weighted by atomic mass is 35.5. The lowest BCUT2D eigenvalue weighted by Gasteiger charge is -2.17. The van der Waals surface area contributed by atoms with Gasteiger partial charge in [0, 0.05) is 19.2 Å². The quantitative estimate of drug-likeness (QED) is 0.176. The van der Waals surface area contributed by atoms with Crippen molar-refractivity contribution in [2.24, 2.45) is 5.10 Å². The third-order valence-corrected chi connectivity index (χ3v) is 4.20. The maximum Gasteiger partial charge on any atom is 0.417 e. The number of benzene rings is 2. The van der Waals surface area contributed by atoms with E-state index in [0.717, 1.165) is 36.6 Å². The number of nitrogens with one attached hydrogen (secondary N) is 2. The maximum atomic E-state index is 13.6. The molecule has 2 N–H and O–H groups in total. The number of amides is 1. The zero-order valence-electron chi connectivity index (χ0n) is 17.3. The van der Waals surface area contributed by atoms with Crippen LogP contribution in [0.1, 0.15) is 22.8 Å². The first kappa shape index (κ1) is 25.7. The molecular weight excluding hydrogens is 470 g/mol. The fourth-order valence-electron chi connectivity index (χ4n) is 2.51. The number of aldehydes is 1. The van der Waals surface area contributed by atoms with Gasteiger partial charge in [0.05, 0.1) is 34.7 Å². The minimum Gasteiger partial charge on any atom is -0.490 e. The Hall–Kier alpha value is -3.60. The van der Waals surface area contributed by atoms with Crippen LogP contribution in [-0.4, -0.2) is 32.1 Å². The molecule has 2 aromatic rings. The second kappa shape index (κ2) is 11.3. The summed E-state index contributed by atoms with van der Waals surface area (Å²) < 4.78 is 64.6. The summed E-state index contributed by atoms with van der Waals surface area (Å²) in [6.45, 7) is 1.73. The smallest absolute Gasteiger partial charge is 0.417 e. The van der Waals surface area contributed by atoms with Crippen molar-refractivity contribution in [3.8, 4) is 17.2 Å². The predicted octanol–water partition coefficient (Wildman–Crippen LogP) is 4.71. The number of alkyl halides is 3. The molecule has 0 aliphatic heterocycles. The normalized spacial score (nSPS) is 11.9. The van der Waals surface area contributed by atoms with Gasteiger partial charge < -0.3 is 20.2 Å². The summed E-state index contributed by atoms with van der Waals surface area (Å²) in [7, 11) is 1.47. The van der Waals surface area contributed by atoms with E-state index in [2.05, 4.69) is 15.8 Å². The zero-order chi connectivity index (χ0) is 24.6. The first-order chi connectivity index (χ1) is 15.6. The predicted molar refractivity (Wildman–Crippen MR) is 113 cm³/mol. The van der Waals surface area contributed by atoms with Gasteiger partial charge >= 0.3 is 6.18 Å². The van der Waals surface area contributed by atoms with E-state index >= 15 is 0 Å². The van der Waals surface area contributed by atoms with Gasteiger partial charge in [-0.1, -0.05) is 11.6 Å². The molecule has 0 aromatic heterocycles. The van der Waals surface area contributed by atoms with Gasteiger partial charge in [-0.3, -0.25) is 9.59 Å². The highest BCUT2D eigenvalue weighted by molar-refractivity contribution is 6.32. The molecule has 0 unspecified atom stereocenters. The van der Waals surface area contributed by atoms with Gasteiger partial charge in [0.15, 0.2) is 11.5 Å². The van der Waals surface area contributed by atoms with Crippen LogP contribution in [0.2, 0.25) is 5.02 Å². The second-order valence-corrected chi connectivity index (χ2v) is 6.55. The van der Waals surface area contributed by atoms with E-state index in [4.69, 9.17) is 21.1 Å². The highest BCUT2D eigenvalue weighted by Gasteiger charge is 2.35. The Labute approximate surface area is 191 Å². The molecule has 0 saturated heterocycles. The molecule has 2 rings (SSSR count). The van der Waals surface area contributed by atoms with E-state index in [9.17, 15) is 27.2 Å². The van der Waals surface area contributed by atoms with Crippen LogP contribution in [0.5, 0.6) is 17.2 Å². The lowest BCUT2D eigenvalue weighted by molar-refractivity contribution is -0.137. The van der Waals surface area contributed by atoms with Crippen molar-refractivity contribution < 1.29 is 36.6 Å². The van der Waals surface area contributed by atoms with Crippen molar-refractivity contribution in [3.63, 3.8) is 0 Å². The van der Waals surface area contributed by atoms with E-state index in [1.807, 2.05) is 0 Å². The fourth-order valence-corrected chi connectivity index (χ4v) is 2.78. The summed E-state index contributed by atoms with van der Waals surface area (Å²) >= 11 is 5.78. The van der Waals surface area contributed by atoms with Crippen molar-refractivity contribution in [2.75, 3.05) is 13.7 Å². The van der Waals surface area contributed by atoms with Gasteiger partial charge in [-0.15, -0.1) is 0 Å². The highest BCUT2D eigenvalue weighted by Crippen LogP contribution is 2.41. The SMILES string of the molecule is CCOc1cc(F)ccc1Oc1cc(C(F)(F)F)c(Cl)cc1C(=O)NC(/C=N\NC)=C/C=O. The Bertz CT molecular complexity index is 1090. The minimum atomic E-state index is -4.85. The Kier molecular flexibility index (Phi) is 8.80. The molecule has 0 aliphatic carbocycles. The van der Waals surface area contributed by atoms with Crippen molar-refractivity contribution in [1.29, 1.82) is 0 Å². The van der Waals surface area contributed by atoms with Crippen molar-refractivity contribution in [1.82, 2.24) is 10.7 Å². The molecule has 0 radical (unpaired) electrons. The lowest BCUT2D eigenvalue weighted by atomic mass is 10.1. The van der Waals surface area contributed by atoms with Crippen molar-refractivity contribution in [2.45, 2.75) is 13.1 Å². The van der Waals surface area contributed by atoms with E-state index in [1.165, 1.54) is 7.05 Å². The topological polar surface area (TPSA) is 89.0 Å². The Balaban J connectivity index is 2.58. The molecule has 0 fully saturated rings. The second-order valence-electron chi connectivity index (χ2n) is 6.15. The minimum absolute atomic E-state index is 0.0666. The van der Waals surface area contributed by atoms with Gasteiger partial charge in [0.2, 0.25) is 0 Å². The van der Waals surface area contributed by atoms with Crippen LogP contribution in [0.15, 0.2) is 47.2 Å². The first-order valence-corrected chi connectivity index (χ1v) is 9.66. The number of hydrogen-bond donors (Lipinski definition) is 2. The molecule has 1 amide bonds. The van der Waals surface area contributed by atoms with Gasteiger partial charge in [-0.2, -0.15) is 18.3 Å². The number of nitrogens with zero attached hydrogens (tertiary/aromatic N) is 1. The Morgan fingerprint density at radius 2 is 1.91 bits per heavy atom. The molecule has 176 valence electrons. The van der Waals surface area contributed by atoms with E-state index < -0.39 is 39.8 Å². The maximum absolute atomic E-state index is 13.6. The molecule has 0 aliphatic rings. The summed E-state index contributed by atoms with van der Waals surface area (Å²) in [5, 5.41) is 5.22. The molecule has 7 nitrogen and oxygen atoms in total. The lowest BCUT2D eigenvalue weighted by Crippen LogP contribution is -2.25. The van der Waals surface area contributed by atoms with Crippen LogP contribution in [0.3, 0.4) is 0 Å². The number of ether oxygens (including phenoxy) is 2. The molecule has 12 heteroatoms. The van der Waals surface area contributed by atoms with Gasteiger partial charge in [0.1, 0.15) is 17.9 Å². The molecule has 33 heavy (non-hydrogen) atoms. The summed E-state index contributed by atoms with van der Waals surface area (Å²) in [6.07, 6.45) is -2.40. The standard InChI is InChI=1S/C21H18ClF4N3O4/c1-3-32-19-8-12(23)4-5-17(19)33-18-10-15(21(24,25)26)16(22)9-14(18)20(31)29-13(6-7-30)11-28-27-2/h4-11,27H,3H2,1-2H3,(H,29,31)/b13-6+,28-11-. The molecule has 0 atom stereocenters. The van der Waals surface area contributed by atoms with Gasteiger partial charge in [0.25, 0.3) is 5.91 Å². The summed E-state index contributed by atoms with van der Waals surface area (Å²) in [5.41, 5.74) is 0.701. The Morgan fingerprint density at radius 1 is 1.18 bits per heavy atom. The molecule has 0 bridgehead atoms. The summed E-state index contributed by atoms with van der Waals surface area (Å²) in [4.78, 5) is 23.6. The van der Waals surface area contributed by atoms with Crippen LogP contribution >= 0.6 is 11.6 Å². The number of hydrazone groups is 1. The average molecular weight is 488 g/mol. The molecule has 2 aromatic carbocycles. The zero-order valence-corrected chi connectivity index (χ0v) is 18.1. The fraction of sp³-hybridized carbons (Fsp3) is 0.190. The number of hydrogen-bond acceptors (Lipinski definition) is 6. The van der Waals surface area contributed by atoms with Crippen LogP contribution in [0, 0.1) is 5.82 Å². The van der Waals surface area contributed by atoms with E-state index in [0.29, 0.717) is 12.4 Å².